The molecule has 1 N–H and O–H groups in total. The molecular formula is C14H13ClF2N2. The Morgan fingerprint density at radius 3 is 2.68 bits per heavy atom. The van der Waals surface area contributed by atoms with Crippen LogP contribution in [0, 0.1) is 11.6 Å². The minimum absolute atomic E-state index is 0.200. The molecule has 1 aromatic carbocycles. The molecule has 0 saturated carbocycles. The van der Waals surface area contributed by atoms with Gasteiger partial charge < -0.3 is 5.32 Å². The molecule has 0 saturated heterocycles. The van der Waals surface area contributed by atoms with Gasteiger partial charge >= 0.3 is 0 Å². The average Bonchev–Trinajstić information content (AvgIpc) is 2.42. The summed E-state index contributed by atoms with van der Waals surface area (Å²) in [7, 11) is 1.75. The summed E-state index contributed by atoms with van der Waals surface area (Å²) >= 11 is 5.77. The topological polar surface area (TPSA) is 24.9 Å². The Morgan fingerprint density at radius 2 is 2.05 bits per heavy atom. The summed E-state index contributed by atoms with van der Waals surface area (Å²) in [5.41, 5.74) is 1.05. The van der Waals surface area contributed by atoms with Gasteiger partial charge in [-0.3, -0.25) is 4.98 Å². The second kappa shape index (κ2) is 6.08. The van der Waals surface area contributed by atoms with Crippen LogP contribution in [0.25, 0.3) is 0 Å². The summed E-state index contributed by atoms with van der Waals surface area (Å²) in [5.74, 6) is -1.65. The molecule has 0 aliphatic rings. The molecule has 1 atom stereocenters. The van der Waals surface area contributed by atoms with Crippen LogP contribution in [0.1, 0.15) is 17.3 Å². The standard InChI is InChI=1S/C14H13ClF2N2/c1-18-13(12-6-5-10(15)8-19-12)7-9-3-2-4-11(16)14(9)17/h2-6,8,13,18H,7H2,1H3. The van der Waals surface area contributed by atoms with Crippen LogP contribution < -0.4 is 5.32 Å². The Hall–Kier alpha value is -1.52. The van der Waals surface area contributed by atoms with Crippen molar-refractivity contribution in [3.05, 3.63) is 64.4 Å². The predicted molar refractivity (Wildman–Crippen MR) is 71.1 cm³/mol. The first-order valence-corrected chi connectivity index (χ1v) is 6.21. The minimum Gasteiger partial charge on any atom is -0.311 e. The molecule has 19 heavy (non-hydrogen) atoms. The summed E-state index contributed by atoms with van der Waals surface area (Å²) < 4.78 is 26.8. The number of halogens is 3. The lowest BCUT2D eigenvalue weighted by Crippen LogP contribution is -2.20. The molecule has 0 spiro atoms. The van der Waals surface area contributed by atoms with E-state index in [1.165, 1.54) is 12.3 Å². The lowest BCUT2D eigenvalue weighted by molar-refractivity contribution is 0.485. The Labute approximate surface area is 115 Å². The molecule has 2 aromatic rings. The molecule has 0 fully saturated rings. The zero-order valence-electron chi connectivity index (χ0n) is 10.3. The van der Waals surface area contributed by atoms with Crippen molar-refractivity contribution in [3.8, 4) is 0 Å². The molecular weight excluding hydrogens is 270 g/mol. The fourth-order valence-electron chi connectivity index (χ4n) is 1.87. The lowest BCUT2D eigenvalue weighted by atomic mass is 10.0. The summed E-state index contributed by atoms with van der Waals surface area (Å²) in [6.45, 7) is 0. The molecule has 2 rings (SSSR count). The number of pyridine rings is 1. The van der Waals surface area contributed by atoms with E-state index in [9.17, 15) is 8.78 Å². The summed E-state index contributed by atoms with van der Waals surface area (Å²) in [5, 5.41) is 3.58. The van der Waals surface area contributed by atoms with Crippen molar-refractivity contribution in [2.75, 3.05) is 7.05 Å². The molecule has 2 nitrogen and oxygen atoms in total. The predicted octanol–water partition coefficient (Wildman–Crippen LogP) is 3.52. The van der Waals surface area contributed by atoms with Gasteiger partial charge in [0.15, 0.2) is 11.6 Å². The van der Waals surface area contributed by atoms with Crippen molar-refractivity contribution in [2.24, 2.45) is 0 Å². The van der Waals surface area contributed by atoms with Crippen LogP contribution >= 0.6 is 11.6 Å². The monoisotopic (exact) mass is 282 g/mol. The van der Waals surface area contributed by atoms with E-state index < -0.39 is 11.6 Å². The summed E-state index contributed by atoms with van der Waals surface area (Å²) in [4.78, 5) is 4.19. The first kappa shape index (κ1) is 13.9. The highest BCUT2D eigenvalue weighted by Crippen LogP contribution is 2.20. The van der Waals surface area contributed by atoms with Gasteiger partial charge in [-0.2, -0.15) is 0 Å². The number of nitrogens with zero attached hydrogens (tertiary/aromatic N) is 1. The highest BCUT2D eigenvalue weighted by atomic mass is 35.5. The fraction of sp³-hybridized carbons (Fsp3) is 0.214. The van der Waals surface area contributed by atoms with E-state index in [2.05, 4.69) is 10.3 Å². The van der Waals surface area contributed by atoms with Crippen molar-refractivity contribution in [1.29, 1.82) is 0 Å². The Kier molecular flexibility index (Phi) is 4.45. The quantitative estimate of drug-likeness (QED) is 0.928. The van der Waals surface area contributed by atoms with Gasteiger partial charge in [0.2, 0.25) is 0 Å². The molecule has 0 aliphatic heterocycles. The molecule has 0 radical (unpaired) electrons. The maximum Gasteiger partial charge on any atom is 0.162 e. The van der Waals surface area contributed by atoms with Gasteiger partial charge in [0.25, 0.3) is 0 Å². The van der Waals surface area contributed by atoms with Crippen LogP contribution in [0.5, 0.6) is 0 Å². The maximum atomic E-state index is 13.6. The fourth-order valence-corrected chi connectivity index (χ4v) is 1.99. The van der Waals surface area contributed by atoms with Crippen molar-refractivity contribution in [1.82, 2.24) is 10.3 Å². The number of nitrogens with one attached hydrogen (secondary N) is 1. The minimum atomic E-state index is -0.837. The summed E-state index contributed by atoms with van der Waals surface area (Å²) in [6.07, 6.45) is 1.85. The van der Waals surface area contributed by atoms with E-state index in [0.29, 0.717) is 17.0 Å². The van der Waals surface area contributed by atoms with Crippen LogP contribution in [0.3, 0.4) is 0 Å². The number of likely N-dealkylation sites (N-methyl/N-ethyl adjacent to an activating group) is 1. The first-order valence-electron chi connectivity index (χ1n) is 5.83. The molecule has 1 aromatic heterocycles. The maximum absolute atomic E-state index is 13.6. The SMILES string of the molecule is CNC(Cc1cccc(F)c1F)c1ccc(Cl)cn1. The molecule has 5 heteroatoms. The zero-order chi connectivity index (χ0) is 13.8. The third-order valence-corrected chi connectivity index (χ3v) is 3.13. The molecule has 0 amide bonds. The molecule has 0 bridgehead atoms. The van der Waals surface area contributed by atoms with E-state index >= 15 is 0 Å². The van der Waals surface area contributed by atoms with E-state index in [1.807, 2.05) is 0 Å². The molecule has 100 valence electrons. The average molecular weight is 283 g/mol. The number of rotatable bonds is 4. The van der Waals surface area contributed by atoms with E-state index in [1.54, 1.807) is 25.2 Å². The molecule has 1 unspecified atom stereocenters. The first-order chi connectivity index (χ1) is 9.11. The van der Waals surface area contributed by atoms with Crippen molar-refractivity contribution < 1.29 is 8.78 Å². The van der Waals surface area contributed by atoms with Gasteiger partial charge in [-0.25, -0.2) is 8.78 Å². The Morgan fingerprint density at radius 1 is 1.26 bits per heavy atom. The third kappa shape index (κ3) is 3.28. The van der Waals surface area contributed by atoms with Crippen LogP contribution in [-0.2, 0) is 6.42 Å². The van der Waals surface area contributed by atoms with E-state index in [4.69, 9.17) is 11.6 Å². The number of aromatic nitrogens is 1. The number of hydrogen-bond acceptors (Lipinski definition) is 2. The second-order valence-corrected chi connectivity index (χ2v) is 4.60. The number of hydrogen-bond donors (Lipinski definition) is 1. The molecule has 0 aliphatic carbocycles. The van der Waals surface area contributed by atoms with Crippen molar-refractivity contribution in [2.45, 2.75) is 12.5 Å². The van der Waals surface area contributed by atoms with Crippen molar-refractivity contribution in [3.63, 3.8) is 0 Å². The van der Waals surface area contributed by atoms with E-state index in [-0.39, 0.29) is 6.04 Å². The lowest BCUT2D eigenvalue weighted by Gasteiger charge is -2.16. The van der Waals surface area contributed by atoms with Gasteiger partial charge in [-0.15, -0.1) is 0 Å². The van der Waals surface area contributed by atoms with E-state index in [0.717, 1.165) is 11.8 Å². The third-order valence-electron chi connectivity index (χ3n) is 2.91. The second-order valence-electron chi connectivity index (χ2n) is 4.16. The summed E-state index contributed by atoms with van der Waals surface area (Å²) in [6, 6.07) is 7.45. The van der Waals surface area contributed by atoms with Gasteiger partial charge in [0, 0.05) is 6.20 Å². The van der Waals surface area contributed by atoms with Gasteiger partial charge in [-0.1, -0.05) is 23.7 Å². The van der Waals surface area contributed by atoms with Gasteiger partial charge in [0.05, 0.1) is 16.8 Å². The van der Waals surface area contributed by atoms with Crippen LogP contribution in [-0.4, -0.2) is 12.0 Å². The Bertz CT molecular complexity index is 558. The smallest absolute Gasteiger partial charge is 0.162 e. The highest BCUT2D eigenvalue weighted by molar-refractivity contribution is 6.30. The normalized spacial score (nSPS) is 12.4. The Balaban J connectivity index is 2.24. The van der Waals surface area contributed by atoms with Crippen LogP contribution in [0.2, 0.25) is 5.02 Å². The van der Waals surface area contributed by atoms with Crippen LogP contribution in [0.4, 0.5) is 8.78 Å². The molecule has 1 heterocycles. The van der Waals surface area contributed by atoms with Gasteiger partial charge in [0.1, 0.15) is 0 Å². The van der Waals surface area contributed by atoms with Crippen molar-refractivity contribution >= 4 is 11.6 Å². The van der Waals surface area contributed by atoms with Crippen LogP contribution in [0.15, 0.2) is 36.5 Å². The largest absolute Gasteiger partial charge is 0.311 e. The highest BCUT2D eigenvalue weighted by Gasteiger charge is 2.15. The zero-order valence-corrected chi connectivity index (χ0v) is 11.1. The van der Waals surface area contributed by atoms with Gasteiger partial charge in [-0.05, 0) is 37.2 Å². The number of benzene rings is 1.